The van der Waals surface area contributed by atoms with Crippen molar-refractivity contribution in [2.45, 2.75) is 19.9 Å². The van der Waals surface area contributed by atoms with Gasteiger partial charge in [0, 0.05) is 27.8 Å². The molecule has 0 unspecified atom stereocenters. The number of aromatic nitrogens is 2. The van der Waals surface area contributed by atoms with Crippen molar-refractivity contribution in [1.82, 2.24) is 9.97 Å². The van der Waals surface area contributed by atoms with Crippen LogP contribution in [0.2, 0.25) is 10.0 Å². The summed E-state index contributed by atoms with van der Waals surface area (Å²) < 4.78 is 0. The minimum absolute atomic E-state index is 0.211. The first-order valence-electron chi connectivity index (χ1n) is 6.30. The number of rotatable bonds is 4. The summed E-state index contributed by atoms with van der Waals surface area (Å²) >= 11 is 11.8. The van der Waals surface area contributed by atoms with Crippen LogP contribution in [0.5, 0.6) is 0 Å². The van der Waals surface area contributed by atoms with E-state index in [0.717, 1.165) is 0 Å². The molecule has 0 radical (unpaired) electrons. The molecule has 1 aromatic heterocycles. The number of nitrogens with one attached hydrogen (secondary N) is 2. The molecule has 0 fully saturated rings. The number of halogens is 2. The molecule has 1 amide bonds. The zero-order valence-electron chi connectivity index (χ0n) is 11.5. The van der Waals surface area contributed by atoms with Gasteiger partial charge in [0.1, 0.15) is 17.8 Å². The van der Waals surface area contributed by atoms with Crippen LogP contribution in [0.15, 0.2) is 30.6 Å². The third-order valence-electron chi connectivity index (χ3n) is 2.46. The lowest BCUT2D eigenvalue weighted by molar-refractivity contribution is 0.102. The summed E-state index contributed by atoms with van der Waals surface area (Å²) in [6.07, 6.45) is 1.34. The van der Waals surface area contributed by atoms with Crippen molar-refractivity contribution in [2.75, 3.05) is 10.6 Å². The number of hydrogen-bond acceptors (Lipinski definition) is 4. The van der Waals surface area contributed by atoms with Gasteiger partial charge >= 0.3 is 0 Å². The van der Waals surface area contributed by atoms with E-state index in [0.29, 0.717) is 21.6 Å². The van der Waals surface area contributed by atoms with Crippen molar-refractivity contribution >= 4 is 40.6 Å². The quantitative estimate of drug-likeness (QED) is 0.896. The number of carbonyl (C=O) groups excluding carboxylic acids is 1. The van der Waals surface area contributed by atoms with Crippen LogP contribution < -0.4 is 10.6 Å². The molecule has 0 aliphatic carbocycles. The number of benzene rings is 1. The number of amides is 1. The molecule has 0 aliphatic rings. The summed E-state index contributed by atoms with van der Waals surface area (Å²) in [4.78, 5) is 20.2. The Morgan fingerprint density at radius 1 is 1.10 bits per heavy atom. The van der Waals surface area contributed by atoms with E-state index in [1.807, 2.05) is 13.8 Å². The molecule has 0 spiro atoms. The van der Waals surface area contributed by atoms with Crippen molar-refractivity contribution in [3.63, 3.8) is 0 Å². The molecule has 0 bridgehead atoms. The minimum atomic E-state index is -0.359. The van der Waals surface area contributed by atoms with E-state index in [9.17, 15) is 4.79 Å². The highest BCUT2D eigenvalue weighted by atomic mass is 35.5. The Kier molecular flexibility index (Phi) is 4.98. The lowest BCUT2D eigenvalue weighted by Crippen LogP contribution is -2.16. The number of hydrogen-bond donors (Lipinski definition) is 2. The predicted octanol–water partition coefficient (Wildman–Crippen LogP) is 3.86. The Balaban J connectivity index is 2.16. The number of anilines is 2. The van der Waals surface area contributed by atoms with Crippen molar-refractivity contribution in [2.24, 2.45) is 0 Å². The first-order valence-corrected chi connectivity index (χ1v) is 7.05. The highest BCUT2D eigenvalue weighted by Crippen LogP contribution is 2.22. The monoisotopic (exact) mass is 324 g/mol. The largest absolute Gasteiger partial charge is 0.368 e. The summed E-state index contributed by atoms with van der Waals surface area (Å²) in [6.45, 7) is 3.96. The zero-order chi connectivity index (χ0) is 15.4. The van der Waals surface area contributed by atoms with Gasteiger partial charge in [-0.1, -0.05) is 23.2 Å². The van der Waals surface area contributed by atoms with Crippen LogP contribution >= 0.6 is 23.2 Å². The molecule has 5 nitrogen and oxygen atoms in total. The van der Waals surface area contributed by atoms with E-state index < -0.39 is 0 Å². The topological polar surface area (TPSA) is 66.9 Å². The van der Waals surface area contributed by atoms with Gasteiger partial charge in [0.25, 0.3) is 5.91 Å². The summed E-state index contributed by atoms with van der Waals surface area (Å²) in [6, 6.07) is 6.61. The first kappa shape index (κ1) is 15.5. The zero-order valence-corrected chi connectivity index (χ0v) is 13.0. The van der Waals surface area contributed by atoms with Gasteiger partial charge in [0.2, 0.25) is 0 Å². The second kappa shape index (κ2) is 6.74. The van der Waals surface area contributed by atoms with Crippen LogP contribution in [0.25, 0.3) is 0 Å². The van der Waals surface area contributed by atoms with Crippen molar-refractivity contribution in [1.29, 1.82) is 0 Å². The molecular weight excluding hydrogens is 311 g/mol. The maximum Gasteiger partial charge on any atom is 0.274 e. The average Bonchev–Trinajstić information content (AvgIpc) is 2.36. The molecule has 0 saturated heterocycles. The van der Waals surface area contributed by atoms with E-state index in [1.54, 1.807) is 24.3 Å². The SMILES string of the molecule is CC(C)Nc1cc(C(=O)Nc2cc(Cl)cc(Cl)c2)ncn1. The molecular formula is C14H14Cl2N4O. The Hall–Kier alpha value is -1.85. The van der Waals surface area contributed by atoms with Crippen LogP contribution in [0.3, 0.4) is 0 Å². The van der Waals surface area contributed by atoms with Crippen molar-refractivity contribution in [3.8, 4) is 0 Å². The lowest BCUT2D eigenvalue weighted by atomic mass is 10.3. The number of nitrogens with zero attached hydrogens (tertiary/aromatic N) is 2. The van der Waals surface area contributed by atoms with Crippen molar-refractivity contribution < 1.29 is 4.79 Å². The summed E-state index contributed by atoms with van der Waals surface area (Å²) in [5, 5.41) is 6.70. The minimum Gasteiger partial charge on any atom is -0.368 e. The third-order valence-corrected chi connectivity index (χ3v) is 2.89. The molecule has 2 aromatic rings. The summed E-state index contributed by atoms with van der Waals surface area (Å²) in [5.41, 5.74) is 0.763. The van der Waals surface area contributed by atoms with Gasteiger partial charge in [-0.05, 0) is 32.0 Å². The molecule has 110 valence electrons. The molecule has 0 saturated carbocycles. The van der Waals surface area contributed by atoms with E-state index in [-0.39, 0.29) is 17.6 Å². The first-order chi connectivity index (χ1) is 9.94. The Bertz CT molecular complexity index is 641. The van der Waals surface area contributed by atoms with E-state index >= 15 is 0 Å². The summed E-state index contributed by atoms with van der Waals surface area (Å²) in [7, 11) is 0. The van der Waals surface area contributed by atoms with E-state index in [4.69, 9.17) is 23.2 Å². The molecule has 1 heterocycles. The second-order valence-corrected chi connectivity index (χ2v) is 5.57. The van der Waals surface area contributed by atoms with Crippen LogP contribution in [0.1, 0.15) is 24.3 Å². The van der Waals surface area contributed by atoms with Gasteiger partial charge in [0.05, 0.1) is 0 Å². The average molecular weight is 325 g/mol. The fourth-order valence-corrected chi connectivity index (χ4v) is 2.20. The smallest absolute Gasteiger partial charge is 0.274 e. The van der Waals surface area contributed by atoms with Gasteiger partial charge in [-0.15, -0.1) is 0 Å². The standard InChI is InChI=1S/C14H14Cl2N4O/c1-8(2)19-13-6-12(17-7-18-13)14(21)20-11-4-9(15)3-10(16)5-11/h3-8H,1-2H3,(H,20,21)(H,17,18,19). The molecule has 21 heavy (non-hydrogen) atoms. The van der Waals surface area contributed by atoms with Gasteiger partial charge in [-0.2, -0.15) is 0 Å². The fourth-order valence-electron chi connectivity index (χ4n) is 1.68. The molecule has 7 heteroatoms. The van der Waals surface area contributed by atoms with Gasteiger partial charge < -0.3 is 10.6 Å². The van der Waals surface area contributed by atoms with Crippen LogP contribution in [0.4, 0.5) is 11.5 Å². The Morgan fingerprint density at radius 2 is 1.76 bits per heavy atom. The van der Waals surface area contributed by atoms with Crippen LogP contribution in [0, 0.1) is 0 Å². The van der Waals surface area contributed by atoms with Gasteiger partial charge in [0.15, 0.2) is 0 Å². The Morgan fingerprint density at radius 3 is 2.38 bits per heavy atom. The molecule has 0 atom stereocenters. The highest BCUT2D eigenvalue weighted by Gasteiger charge is 2.10. The van der Waals surface area contributed by atoms with Crippen LogP contribution in [-0.4, -0.2) is 21.9 Å². The molecule has 2 rings (SSSR count). The predicted molar refractivity (Wildman–Crippen MR) is 85.2 cm³/mol. The van der Waals surface area contributed by atoms with Gasteiger partial charge in [-0.25, -0.2) is 9.97 Å². The molecule has 1 aromatic carbocycles. The maximum atomic E-state index is 12.2. The van der Waals surface area contributed by atoms with Crippen LogP contribution in [-0.2, 0) is 0 Å². The second-order valence-electron chi connectivity index (χ2n) is 4.70. The van der Waals surface area contributed by atoms with Crippen molar-refractivity contribution in [3.05, 3.63) is 46.3 Å². The fraction of sp³-hybridized carbons (Fsp3) is 0.214. The maximum absolute atomic E-state index is 12.2. The van der Waals surface area contributed by atoms with E-state index in [2.05, 4.69) is 20.6 Å². The third kappa shape index (κ3) is 4.58. The highest BCUT2D eigenvalue weighted by molar-refractivity contribution is 6.35. The molecule has 0 aliphatic heterocycles. The van der Waals surface area contributed by atoms with Gasteiger partial charge in [-0.3, -0.25) is 4.79 Å². The Labute approximate surface area is 132 Å². The van der Waals surface area contributed by atoms with E-state index in [1.165, 1.54) is 6.33 Å². The normalized spacial score (nSPS) is 10.5. The lowest BCUT2D eigenvalue weighted by Gasteiger charge is -2.10. The molecule has 2 N–H and O–H groups in total. The summed E-state index contributed by atoms with van der Waals surface area (Å²) in [5.74, 6) is 0.233. The number of carbonyl (C=O) groups is 1.